The topological polar surface area (TPSA) is 36.8 Å². The van der Waals surface area contributed by atoms with E-state index in [4.69, 9.17) is 0 Å². The minimum absolute atomic E-state index is 0.0170. The first-order chi connectivity index (χ1) is 15.2. The van der Waals surface area contributed by atoms with Gasteiger partial charge in [-0.15, -0.1) is 0 Å². The third-order valence-electron chi connectivity index (χ3n) is 6.98. The number of pyridine rings is 1. The van der Waals surface area contributed by atoms with Gasteiger partial charge in [-0.2, -0.15) is 0 Å². The number of amides is 1. The summed E-state index contributed by atoms with van der Waals surface area (Å²) in [7, 11) is 0. The molecular formula is C26H24FN3O. The van der Waals surface area contributed by atoms with Gasteiger partial charge < -0.3 is 14.6 Å². The maximum Gasteiger partial charge on any atom is 0.253 e. The molecule has 3 saturated heterocycles. The zero-order valence-corrected chi connectivity index (χ0v) is 17.2. The summed E-state index contributed by atoms with van der Waals surface area (Å²) in [6, 6.07) is 19.0. The Balaban J connectivity index is 1.43. The lowest BCUT2D eigenvalue weighted by Crippen LogP contribution is -2.57. The van der Waals surface area contributed by atoms with Gasteiger partial charge in [0.25, 0.3) is 5.91 Å². The van der Waals surface area contributed by atoms with Gasteiger partial charge >= 0.3 is 0 Å². The Kier molecular flexibility index (Phi) is 4.32. The summed E-state index contributed by atoms with van der Waals surface area (Å²) in [4.78, 5) is 15.6. The molecule has 0 unspecified atom stereocenters. The van der Waals surface area contributed by atoms with E-state index in [2.05, 4.69) is 32.8 Å². The Labute approximate surface area is 180 Å². The number of halogens is 1. The van der Waals surface area contributed by atoms with Crippen LogP contribution in [0.15, 0.2) is 66.9 Å². The molecule has 0 spiro atoms. The second-order valence-electron chi connectivity index (χ2n) is 8.83. The number of para-hydroxylation sites is 1. The normalized spacial score (nSPS) is 22.8. The molecule has 5 heteroatoms. The molecule has 0 radical (unpaired) electrons. The first kappa shape index (κ1) is 18.6. The molecule has 31 heavy (non-hydrogen) atoms. The predicted molar refractivity (Wildman–Crippen MR) is 121 cm³/mol. The van der Waals surface area contributed by atoms with E-state index in [0.717, 1.165) is 47.2 Å². The molecule has 1 amide bonds. The number of carbonyl (C=O) groups excluding carboxylic acids is 1. The number of hydrogen-bond donors (Lipinski definition) is 1. The fourth-order valence-electron chi connectivity index (χ4n) is 5.29. The van der Waals surface area contributed by atoms with Crippen molar-refractivity contribution in [2.75, 3.05) is 19.6 Å². The summed E-state index contributed by atoms with van der Waals surface area (Å²) >= 11 is 0. The number of nitrogens with one attached hydrogen (secondary N) is 1. The highest BCUT2D eigenvalue weighted by Crippen LogP contribution is 2.32. The molecule has 3 aliphatic rings. The lowest BCUT2D eigenvalue weighted by Gasteiger charge is -2.44. The summed E-state index contributed by atoms with van der Waals surface area (Å²) in [5.41, 5.74) is 4.57. The van der Waals surface area contributed by atoms with Crippen molar-refractivity contribution >= 4 is 22.3 Å². The van der Waals surface area contributed by atoms with E-state index in [1.807, 2.05) is 24.4 Å². The maximum atomic E-state index is 13.5. The van der Waals surface area contributed by atoms with Crippen molar-refractivity contribution in [2.45, 2.75) is 18.9 Å². The van der Waals surface area contributed by atoms with Crippen molar-refractivity contribution in [3.05, 3.63) is 78.2 Å². The third kappa shape index (κ3) is 3.20. The number of piperidine rings is 3. The number of carbonyl (C=O) groups is 1. The summed E-state index contributed by atoms with van der Waals surface area (Å²) < 4.78 is 15.6. The molecule has 1 N–H and O–H groups in total. The van der Waals surface area contributed by atoms with Crippen LogP contribution in [0.2, 0.25) is 0 Å². The molecule has 5 heterocycles. The van der Waals surface area contributed by atoms with Crippen molar-refractivity contribution in [1.82, 2.24) is 14.6 Å². The zero-order valence-electron chi connectivity index (χ0n) is 17.2. The van der Waals surface area contributed by atoms with E-state index in [9.17, 15) is 9.18 Å². The minimum Gasteiger partial charge on any atom is -0.348 e. The Bertz CT molecular complexity index is 1290. The Hall–Kier alpha value is -3.18. The molecule has 3 aliphatic heterocycles. The van der Waals surface area contributed by atoms with Crippen LogP contribution < -0.4 is 5.32 Å². The Morgan fingerprint density at radius 1 is 0.968 bits per heavy atom. The van der Waals surface area contributed by atoms with E-state index in [1.165, 1.54) is 25.0 Å². The van der Waals surface area contributed by atoms with E-state index < -0.39 is 0 Å². The quantitative estimate of drug-likeness (QED) is 0.528. The highest BCUT2D eigenvalue weighted by Gasteiger charge is 2.35. The molecule has 3 fully saturated rings. The van der Waals surface area contributed by atoms with Crippen molar-refractivity contribution in [2.24, 2.45) is 5.92 Å². The summed E-state index contributed by atoms with van der Waals surface area (Å²) in [5.74, 6) is 0.312. The van der Waals surface area contributed by atoms with Crippen LogP contribution in [0, 0.1) is 11.7 Å². The van der Waals surface area contributed by atoms with Crippen LogP contribution >= 0.6 is 0 Å². The van der Waals surface area contributed by atoms with Gasteiger partial charge in [0.1, 0.15) is 5.82 Å². The number of hydrogen-bond acceptors (Lipinski definition) is 2. The highest BCUT2D eigenvalue weighted by atomic mass is 19.1. The minimum atomic E-state index is -0.256. The maximum absolute atomic E-state index is 13.5. The molecule has 2 aromatic carbocycles. The monoisotopic (exact) mass is 413 g/mol. The van der Waals surface area contributed by atoms with E-state index in [0.29, 0.717) is 11.5 Å². The second-order valence-corrected chi connectivity index (χ2v) is 8.83. The van der Waals surface area contributed by atoms with E-state index in [-0.39, 0.29) is 17.8 Å². The molecule has 2 bridgehead atoms. The zero-order chi connectivity index (χ0) is 20.9. The fraction of sp³-hybridized carbons (Fsp3) is 0.269. The summed E-state index contributed by atoms with van der Waals surface area (Å²) in [6.07, 6.45) is 4.27. The number of fused-ring (bicyclic) bond motifs is 6. The smallest absolute Gasteiger partial charge is 0.253 e. The Morgan fingerprint density at radius 3 is 2.48 bits per heavy atom. The second kappa shape index (κ2) is 7.20. The van der Waals surface area contributed by atoms with Gasteiger partial charge in [-0.1, -0.05) is 30.3 Å². The third-order valence-corrected chi connectivity index (χ3v) is 6.98. The molecule has 1 atom stereocenters. The van der Waals surface area contributed by atoms with Gasteiger partial charge in [0.05, 0.1) is 16.6 Å². The molecule has 2 aromatic heterocycles. The molecule has 0 aliphatic carbocycles. The fourth-order valence-corrected chi connectivity index (χ4v) is 5.29. The van der Waals surface area contributed by atoms with Gasteiger partial charge in [0, 0.05) is 24.3 Å². The summed E-state index contributed by atoms with van der Waals surface area (Å²) in [6.45, 7) is 3.26. The largest absolute Gasteiger partial charge is 0.348 e. The van der Waals surface area contributed by atoms with Crippen LogP contribution in [-0.4, -0.2) is 40.9 Å². The van der Waals surface area contributed by atoms with Crippen LogP contribution in [0.5, 0.6) is 0 Å². The number of nitrogens with zero attached hydrogens (tertiary/aromatic N) is 2. The van der Waals surface area contributed by atoms with Gasteiger partial charge in [-0.3, -0.25) is 4.79 Å². The Morgan fingerprint density at radius 2 is 1.74 bits per heavy atom. The molecular weight excluding hydrogens is 389 g/mol. The van der Waals surface area contributed by atoms with Gasteiger partial charge in [-0.05, 0) is 73.1 Å². The molecule has 7 rings (SSSR count). The van der Waals surface area contributed by atoms with Gasteiger partial charge in [-0.25, -0.2) is 4.39 Å². The predicted octanol–water partition coefficient (Wildman–Crippen LogP) is 4.72. The standard InChI is InChI=1S/C26H24FN3O/c27-21-7-5-17(6-8-21)22-13-19-3-1-2-4-24(19)30-15-20(14-25(22)30)26(31)28-23-16-29-11-9-18(23)10-12-29/h1-8,13-15,18,23H,9-12,16H2,(H,28,31)/t23-/m0/s1. The van der Waals surface area contributed by atoms with Gasteiger partial charge in [0.15, 0.2) is 0 Å². The van der Waals surface area contributed by atoms with Crippen molar-refractivity contribution in [3.8, 4) is 11.1 Å². The first-order valence-corrected chi connectivity index (χ1v) is 11.0. The molecule has 4 nitrogen and oxygen atoms in total. The molecule has 156 valence electrons. The van der Waals surface area contributed by atoms with Crippen LogP contribution in [0.25, 0.3) is 27.5 Å². The van der Waals surface area contributed by atoms with Crippen LogP contribution in [0.4, 0.5) is 4.39 Å². The van der Waals surface area contributed by atoms with E-state index in [1.54, 1.807) is 12.1 Å². The lowest BCUT2D eigenvalue weighted by atomic mass is 9.84. The average molecular weight is 413 g/mol. The lowest BCUT2D eigenvalue weighted by molar-refractivity contribution is 0.0620. The van der Waals surface area contributed by atoms with Crippen molar-refractivity contribution < 1.29 is 9.18 Å². The number of aromatic nitrogens is 1. The van der Waals surface area contributed by atoms with Gasteiger partial charge in [0.2, 0.25) is 0 Å². The van der Waals surface area contributed by atoms with E-state index >= 15 is 0 Å². The van der Waals surface area contributed by atoms with Crippen LogP contribution in [-0.2, 0) is 0 Å². The number of rotatable bonds is 3. The molecule has 0 saturated carbocycles. The van der Waals surface area contributed by atoms with Crippen LogP contribution in [0.3, 0.4) is 0 Å². The van der Waals surface area contributed by atoms with Crippen molar-refractivity contribution in [1.29, 1.82) is 0 Å². The SMILES string of the molecule is O=C(N[C@H]1CN2CCC1CC2)c1cc2c(-c3ccc(F)cc3)cc3ccccc3n2c1. The summed E-state index contributed by atoms with van der Waals surface area (Å²) in [5, 5.41) is 4.38. The highest BCUT2D eigenvalue weighted by molar-refractivity contribution is 6.00. The van der Waals surface area contributed by atoms with Crippen molar-refractivity contribution in [3.63, 3.8) is 0 Å². The number of benzene rings is 2. The van der Waals surface area contributed by atoms with Crippen LogP contribution in [0.1, 0.15) is 23.2 Å². The average Bonchev–Trinajstić information content (AvgIpc) is 3.26. The molecule has 4 aromatic rings. The first-order valence-electron chi connectivity index (χ1n) is 11.0.